The third-order valence-electron chi connectivity index (χ3n) is 5.28. The summed E-state index contributed by atoms with van der Waals surface area (Å²) in [7, 11) is 0. The van der Waals surface area contributed by atoms with Gasteiger partial charge in [0, 0.05) is 10.9 Å². The monoisotopic (exact) mass is 402 g/mol. The Hall–Kier alpha value is -3.23. The summed E-state index contributed by atoms with van der Waals surface area (Å²) in [6.45, 7) is 1.63. The van der Waals surface area contributed by atoms with Crippen LogP contribution in [-0.2, 0) is 10.2 Å². The van der Waals surface area contributed by atoms with Crippen LogP contribution in [0.15, 0.2) is 36.8 Å². The molecule has 0 bridgehead atoms. The molecule has 1 aromatic carbocycles. The van der Waals surface area contributed by atoms with Crippen molar-refractivity contribution in [1.82, 2.24) is 15.0 Å². The highest BCUT2D eigenvalue weighted by molar-refractivity contribution is 5.91. The Morgan fingerprint density at radius 3 is 2.59 bits per heavy atom. The summed E-state index contributed by atoms with van der Waals surface area (Å²) < 4.78 is 40.5. The zero-order valence-corrected chi connectivity index (χ0v) is 15.4. The molecule has 4 rings (SSSR count). The SMILES string of the molecule is CC(Nc1ncnc2cnc(C3(C(=O)O)CC3)cc12)c1cccc(C(F)F)c1F. The van der Waals surface area contributed by atoms with Crippen LogP contribution >= 0.6 is 0 Å². The summed E-state index contributed by atoms with van der Waals surface area (Å²) in [5.74, 6) is -1.56. The number of benzene rings is 1. The number of aliphatic carboxylic acids is 1. The maximum absolute atomic E-state index is 14.5. The van der Waals surface area contributed by atoms with Gasteiger partial charge in [-0.1, -0.05) is 18.2 Å². The van der Waals surface area contributed by atoms with Crippen LogP contribution in [-0.4, -0.2) is 26.0 Å². The van der Waals surface area contributed by atoms with Crippen molar-refractivity contribution in [2.75, 3.05) is 5.32 Å². The molecule has 1 atom stereocenters. The van der Waals surface area contributed by atoms with E-state index in [2.05, 4.69) is 20.3 Å². The molecule has 1 fully saturated rings. The number of rotatable bonds is 6. The van der Waals surface area contributed by atoms with Crippen molar-refractivity contribution in [3.8, 4) is 0 Å². The maximum Gasteiger partial charge on any atom is 0.315 e. The Morgan fingerprint density at radius 2 is 1.93 bits per heavy atom. The molecular weight excluding hydrogens is 385 g/mol. The summed E-state index contributed by atoms with van der Waals surface area (Å²) in [6.07, 6.45) is 0.859. The lowest BCUT2D eigenvalue weighted by molar-refractivity contribution is -0.140. The van der Waals surface area contributed by atoms with Crippen LogP contribution in [0.1, 0.15) is 49.1 Å². The van der Waals surface area contributed by atoms with Crippen LogP contribution in [0.3, 0.4) is 0 Å². The second kappa shape index (κ2) is 6.98. The third-order valence-corrected chi connectivity index (χ3v) is 5.28. The number of carbonyl (C=O) groups is 1. The number of aromatic nitrogens is 3. The topological polar surface area (TPSA) is 88.0 Å². The average molecular weight is 402 g/mol. The van der Waals surface area contributed by atoms with Gasteiger partial charge in [0.2, 0.25) is 0 Å². The minimum absolute atomic E-state index is 0.0769. The predicted molar refractivity (Wildman–Crippen MR) is 99.3 cm³/mol. The third kappa shape index (κ3) is 3.26. The van der Waals surface area contributed by atoms with Gasteiger partial charge in [0.15, 0.2) is 0 Å². The largest absolute Gasteiger partial charge is 0.481 e. The lowest BCUT2D eigenvalue weighted by Crippen LogP contribution is -2.21. The Morgan fingerprint density at radius 1 is 1.21 bits per heavy atom. The van der Waals surface area contributed by atoms with E-state index in [0.717, 1.165) is 6.07 Å². The number of carboxylic acid groups (broad SMARTS) is 1. The van der Waals surface area contributed by atoms with E-state index in [1.165, 1.54) is 24.7 Å². The fourth-order valence-electron chi connectivity index (χ4n) is 3.39. The standard InChI is InChI=1S/C20H17F3N4O2/c1-10(11-3-2-4-12(16(11)21)17(22)23)27-18-13-7-15(20(5-6-20)19(28)29)24-8-14(13)25-9-26-18/h2-4,7-10,17H,5-6H2,1H3,(H,28,29)(H,25,26,27). The van der Waals surface area contributed by atoms with Gasteiger partial charge in [-0.25, -0.2) is 23.1 Å². The van der Waals surface area contributed by atoms with Gasteiger partial charge in [-0.2, -0.15) is 0 Å². The molecule has 2 heterocycles. The molecule has 1 saturated carbocycles. The predicted octanol–water partition coefficient (Wildman–Crippen LogP) is 4.39. The molecule has 0 aliphatic heterocycles. The number of nitrogens with one attached hydrogen (secondary N) is 1. The van der Waals surface area contributed by atoms with Gasteiger partial charge in [-0.15, -0.1) is 0 Å². The van der Waals surface area contributed by atoms with E-state index in [1.54, 1.807) is 13.0 Å². The van der Waals surface area contributed by atoms with Crippen LogP contribution in [0.4, 0.5) is 19.0 Å². The van der Waals surface area contributed by atoms with Gasteiger partial charge < -0.3 is 10.4 Å². The van der Waals surface area contributed by atoms with Crippen LogP contribution < -0.4 is 5.32 Å². The zero-order chi connectivity index (χ0) is 20.8. The number of fused-ring (bicyclic) bond motifs is 1. The van der Waals surface area contributed by atoms with Gasteiger partial charge in [0.1, 0.15) is 23.4 Å². The lowest BCUT2D eigenvalue weighted by Gasteiger charge is -2.18. The number of pyridine rings is 1. The first kappa shape index (κ1) is 19.1. The van der Waals surface area contributed by atoms with E-state index in [-0.39, 0.29) is 5.56 Å². The van der Waals surface area contributed by atoms with Gasteiger partial charge in [0.25, 0.3) is 6.43 Å². The quantitative estimate of drug-likeness (QED) is 0.636. The molecular formula is C20H17F3N4O2. The van der Waals surface area contributed by atoms with Gasteiger partial charge >= 0.3 is 5.97 Å². The number of halogens is 3. The molecule has 0 radical (unpaired) electrons. The average Bonchev–Trinajstić information content (AvgIpc) is 3.50. The molecule has 1 aliphatic rings. The van der Waals surface area contributed by atoms with Crippen molar-refractivity contribution < 1.29 is 23.1 Å². The molecule has 29 heavy (non-hydrogen) atoms. The van der Waals surface area contributed by atoms with Crippen molar-refractivity contribution in [3.05, 3.63) is 59.4 Å². The fraction of sp³-hybridized carbons (Fsp3) is 0.300. The lowest BCUT2D eigenvalue weighted by atomic mass is 10.0. The van der Waals surface area contributed by atoms with Crippen molar-refractivity contribution in [3.63, 3.8) is 0 Å². The van der Waals surface area contributed by atoms with Crippen molar-refractivity contribution in [2.24, 2.45) is 0 Å². The summed E-state index contributed by atoms with van der Waals surface area (Å²) in [4.78, 5) is 24.2. The molecule has 9 heteroatoms. The Kier molecular flexibility index (Phi) is 4.60. The van der Waals surface area contributed by atoms with E-state index < -0.39 is 35.2 Å². The first-order chi connectivity index (χ1) is 13.8. The summed E-state index contributed by atoms with van der Waals surface area (Å²) in [5, 5.41) is 13.1. The Balaban J connectivity index is 1.71. The number of alkyl halides is 2. The normalized spacial score (nSPS) is 16.0. The van der Waals surface area contributed by atoms with E-state index in [9.17, 15) is 23.1 Å². The Labute approximate surface area is 163 Å². The van der Waals surface area contributed by atoms with Gasteiger partial charge in [0.05, 0.1) is 29.0 Å². The molecule has 0 saturated heterocycles. The number of hydrogen-bond donors (Lipinski definition) is 2. The first-order valence-electron chi connectivity index (χ1n) is 9.01. The second-order valence-corrected chi connectivity index (χ2v) is 7.11. The van der Waals surface area contributed by atoms with Crippen LogP contribution in [0, 0.1) is 5.82 Å². The van der Waals surface area contributed by atoms with Crippen molar-refractivity contribution >= 4 is 22.7 Å². The van der Waals surface area contributed by atoms with Gasteiger partial charge in [-0.05, 0) is 25.8 Å². The van der Waals surface area contributed by atoms with Gasteiger partial charge in [-0.3, -0.25) is 9.78 Å². The van der Waals surface area contributed by atoms with Crippen molar-refractivity contribution in [2.45, 2.75) is 37.6 Å². The summed E-state index contributed by atoms with van der Waals surface area (Å²) >= 11 is 0. The maximum atomic E-state index is 14.5. The molecule has 2 N–H and O–H groups in total. The number of nitrogens with zero attached hydrogens (tertiary/aromatic N) is 3. The van der Waals surface area contributed by atoms with E-state index in [0.29, 0.717) is 35.3 Å². The molecule has 2 aromatic heterocycles. The minimum atomic E-state index is -2.92. The van der Waals surface area contributed by atoms with E-state index >= 15 is 0 Å². The molecule has 1 aliphatic carbocycles. The second-order valence-electron chi connectivity index (χ2n) is 7.11. The highest BCUT2D eigenvalue weighted by atomic mass is 19.3. The molecule has 0 amide bonds. The Bertz CT molecular complexity index is 1100. The number of hydrogen-bond acceptors (Lipinski definition) is 5. The van der Waals surface area contributed by atoms with Crippen LogP contribution in [0.2, 0.25) is 0 Å². The highest BCUT2D eigenvalue weighted by Gasteiger charge is 2.53. The van der Waals surface area contributed by atoms with E-state index in [4.69, 9.17) is 0 Å². The number of carboxylic acids is 1. The van der Waals surface area contributed by atoms with Crippen molar-refractivity contribution in [1.29, 1.82) is 0 Å². The molecule has 6 nitrogen and oxygen atoms in total. The molecule has 1 unspecified atom stereocenters. The van der Waals surface area contributed by atoms with Crippen LogP contribution in [0.5, 0.6) is 0 Å². The summed E-state index contributed by atoms with van der Waals surface area (Å²) in [5.41, 5.74) is -0.680. The summed E-state index contributed by atoms with van der Waals surface area (Å²) in [6, 6.07) is 4.81. The molecule has 3 aromatic rings. The van der Waals surface area contributed by atoms with Crippen LogP contribution in [0.25, 0.3) is 10.9 Å². The molecule has 150 valence electrons. The zero-order valence-electron chi connectivity index (χ0n) is 15.4. The molecule has 0 spiro atoms. The first-order valence-corrected chi connectivity index (χ1v) is 9.01. The van der Waals surface area contributed by atoms with E-state index in [1.807, 2.05) is 0 Å². The smallest absolute Gasteiger partial charge is 0.315 e. The fourth-order valence-corrected chi connectivity index (χ4v) is 3.39. The number of anilines is 1. The highest BCUT2D eigenvalue weighted by Crippen LogP contribution is 2.48. The minimum Gasteiger partial charge on any atom is -0.481 e.